The van der Waals surface area contributed by atoms with E-state index in [9.17, 15) is 0 Å². The van der Waals surface area contributed by atoms with Gasteiger partial charge < -0.3 is 0 Å². The average molecular weight is 456 g/mol. The standard InChI is InChI=1S/C21H16P.C5H5.Zr/c1-3-11-19(12-4-1)22(20-13-5-2-6-14-20)21-15-17-9-7-8-10-18(17)16-21;1-2-4-5-3-1;/h1-16H;1-3H,4H2;. The van der Waals surface area contributed by atoms with Gasteiger partial charge in [0.2, 0.25) is 0 Å². The molecule has 0 aliphatic heterocycles. The van der Waals surface area contributed by atoms with Crippen molar-refractivity contribution in [2.75, 3.05) is 0 Å². The first-order chi connectivity index (χ1) is 13.9. The van der Waals surface area contributed by atoms with Gasteiger partial charge in [0.15, 0.2) is 0 Å². The first-order valence-electron chi connectivity index (χ1n) is 9.73. The van der Waals surface area contributed by atoms with Crippen molar-refractivity contribution in [3.63, 3.8) is 0 Å². The maximum absolute atomic E-state index is 2.52. The number of rotatable bonds is 5. The fourth-order valence-electron chi connectivity index (χ4n) is 3.99. The predicted octanol–water partition coefficient (Wildman–Crippen LogP) is 6.14. The van der Waals surface area contributed by atoms with Crippen LogP contribution in [0.3, 0.4) is 0 Å². The van der Waals surface area contributed by atoms with Crippen molar-refractivity contribution in [1.29, 1.82) is 0 Å². The van der Waals surface area contributed by atoms with Crippen LogP contribution < -0.4 is 10.6 Å². The molecule has 1 atom stereocenters. The molecule has 5 rings (SSSR count). The number of hydrogen-bond donors (Lipinski definition) is 0. The Morgan fingerprint density at radius 2 is 1.39 bits per heavy atom. The van der Waals surface area contributed by atoms with E-state index in [0.717, 1.165) is 0 Å². The number of hydrogen-bond acceptors (Lipinski definition) is 0. The summed E-state index contributed by atoms with van der Waals surface area (Å²) in [6.07, 6.45) is 10.6. The van der Waals surface area contributed by atoms with Crippen LogP contribution in [0.15, 0.2) is 112 Å². The van der Waals surface area contributed by atoms with E-state index in [1.807, 2.05) is 0 Å². The summed E-state index contributed by atoms with van der Waals surface area (Å²) in [6.45, 7) is 0. The molecule has 3 aromatic carbocycles. The Kier molecular flexibility index (Phi) is 5.39. The second kappa shape index (κ2) is 8.28. The summed E-state index contributed by atoms with van der Waals surface area (Å²) in [6, 6.07) is 31.4. The molecule has 3 aromatic rings. The van der Waals surface area contributed by atoms with Gasteiger partial charge in [0.1, 0.15) is 0 Å². The first kappa shape index (κ1) is 18.2. The molecule has 0 nitrogen and oxygen atoms in total. The van der Waals surface area contributed by atoms with Crippen LogP contribution in [0, 0.1) is 0 Å². The third-order valence-corrected chi connectivity index (χ3v) is 12.5. The normalized spacial score (nSPS) is 17.4. The minimum absolute atomic E-state index is 0.502. The summed E-state index contributed by atoms with van der Waals surface area (Å²) in [5.74, 6) is 0. The number of fused-ring (bicyclic) bond motifs is 1. The first-order valence-corrected chi connectivity index (χ1v) is 13.7. The molecular weight excluding hydrogens is 434 g/mol. The van der Waals surface area contributed by atoms with Gasteiger partial charge in [-0.15, -0.1) is 0 Å². The van der Waals surface area contributed by atoms with Gasteiger partial charge in [-0.1, -0.05) is 0 Å². The summed E-state index contributed by atoms with van der Waals surface area (Å²) in [5, 5.41) is 4.59. The van der Waals surface area contributed by atoms with E-state index >= 15 is 0 Å². The molecule has 0 amide bonds. The van der Waals surface area contributed by atoms with Gasteiger partial charge in [0.25, 0.3) is 0 Å². The van der Waals surface area contributed by atoms with Crippen LogP contribution in [0.1, 0.15) is 21.2 Å². The average Bonchev–Trinajstić information content (AvgIpc) is 3.39. The minimum atomic E-state index is -0.738. The monoisotopic (exact) mass is 454 g/mol. The second-order valence-electron chi connectivity index (χ2n) is 7.11. The molecule has 0 N–H and O–H groups in total. The van der Waals surface area contributed by atoms with E-state index in [1.165, 1.54) is 22.6 Å². The fourth-order valence-corrected chi connectivity index (χ4v) is 11.4. The molecule has 2 heteroatoms. The summed E-state index contributed by atoms with van der Waals surface area (Å²) < 4.78 is 2.35. The summed E-state index contributed by atoms with van der Waals surface area (Å²) in [4.78, 5) is 0. The van der Waals surface area contributed by atoms with Crippen LogP contribution in [0.25, 0.3) is 6.08 Å². The van der Waals surface area contributed by atoms with Gasteiger partial charge >= 0.3 is 181 Å². The van der Waals surface area contributed by atoms with Crippen molar-refractivity contribution < 1.29 is 23.2 Å². The van der Waals surface area contributed by atoms with Crippen LogP contribution in [-0.4, -0.2) is 0 Å². The van der Waals surface area contributed by atoms with Crippen LogP contribution in [0.5, 0.6) is 0 Å². The van der Waals surface area contributed by atoms with Gasteiger partial charge in [-0.05, 0) is 0 Å². The van der Waals surface area contributed by atoms with Crippen LogP contribution >= 0.6 is 7.92 Å². The van der Waals surface area contributed by atoms with E-state index < -0.39 is 31.2 Å². The SMILES string of the molecule is C1=CC[C]([Zr][CH]2C(P(c3ccccc3)c3ccccc3)=Cc3ccccc32)=C1. The molecule has 0 spiro atoms. The van der Waals surface area contributed by atoms with Gasteiger partial charge in [-0.3, -0.25) is 0 Å². The van der Waals surface area contributed by atoms with E-state index in [-0.39, 0.29) is 0 Å². The Morgan fingerprint density at radius 3 is 2.04 bits per heavy atom. The van der Waals surface area contributed by atoms with Crippen LogP contribution in [0.2, 0.25) is 0 Å². The zero-order valence-corrected chi connectivity index (χ0v) is 19.0. The third-order valence-electron chi connectivity index (χ3n) is 5.29. The Bertz CT molecular complexity index is 1020. The van der Waals surface area contributed by atoms with Gasteiger partial charge in [0.05, 0.1) is 0 Å². The van der Waals surface area contributed by atoms with E-state index in [1.54, 1.807) is 14.2 Å². The maximum atomic E-state index is 2.52. The molecule has 0 heterocycles. The Balaban J connectivity index is 1.62. The molecule has 0 fully saturated rings. The molecule has 0 saturated carbocycles. The molecule has 0 aromatic heterocycles. The van der Waals surface area contributed by atoms with Gasteiger partial charge in [-0.25, -0.2) is 0 Å². The van der Waals surface area contributed by atoms with Crippen molar-refractivity contribution in [1.82, 2.24) is 0 Å². The van der Waals surface area contributed by atoms with Crippen molar-refractivity contribution >= 4 is 24.6 Å². The molecule has 0 saturated heterocycles. The molecule has 2 aliphatic carbocycles. The zero-order valence-electron chi connectivity index (χ0n) is 15.6. The summed E-state index contributed by atoms with van der Waals surface area (Å²) in [5.41, 5.74) is 3.01. The molecule has 134 valence electrons. The number of benzene rings is 3. The summed E-state index contributed by atoms with van der Waals surface area (Å²) in [7, 11) is -0.502. The van der Waals surface area contributed by atoms with Crippen molar-refractivity contribution in [3.05, 3.63) is 123 Å². The zero-order chi connectivity index (χ0) is 18.8. The van der Waals surface area contributed by atoms with Crippen molar-refractivity contribution in [3.8, 4) is 0 Å². The molecule has 2 aliphatic rings. The van der Waals surface area contributed by atoms with Gasteiger partial charge in [-0.2, -0.15) is 0 Å². The van der Waals surface area contributed by atoms with E-state index in [4.69, 9.17) is 0 Å². The second-order valence-corrected chi connectivity index (χ2v) is 13.0. The summed E-state index contributed by atoms with van der Waals surface area (Å²) >= 11 is -0.738. The van der Waals surface area contributed by atoms with Crippen molar-refractivity contribution in [2.24, 2.45) is 0 Å². The molecule has 0 bridgehead atoms. The molecule has 0 radical (unpaired) electrons. The van der Waals surface area contributed by atoms with Crippen molar-refractivity contribution in [2.45, 2.75) is 10.0 Å². The molecular formula is C26H21PZr. The molecule has 28 heavy (non-hydrogen) atoms. The van der Waals surface area contributed by atoms with Crippen LogP contribution in [-0.2, 0) is 23.2 Å². The quantitative estimate of drug-likeness (QED) is 0.405. The Morgan fingerprint density at radius 1 is 0.750 bits per heavy atom. The van der Waals surface area contributed by atoms with E-state index in [0.29, 0.717) is 3.63 Å². The fraction of sp³-hybridized carbons (Fsp3) is 0.0769. The Hall–Kier alpha value is -1.81. The number of allylic oxidation sites excluding steroid dienone is 5. The van der Waals surface area contributed by atoms with Crippen LogP contribution in [0.4, 0.5) is 0 Å². The predicted molar refractivity (Wildman–Crippen MR) is 118 cm³/mol. The molecule has 1 unspecified atom stereocenters. The third kappa shape index (κ3) is 3.59. The Labute approximate surface area is 180 Å². The van der Waals surface area contributed by atoms with E-state index in [2.05, 4.69) is 109 Å². The topological polar surface area (TPSA) is 0 Å². The van der Waals surface area contributed by atoms with Gasteiger partial charge in [0, 0.05) is 0 Å².